The summed E-state index contributed by atoms with van der Waals surface area (Å²) in [6.45, 7) is 15.7. The number of likely N-dealkylation sites (N-methyl/N-ethyl adjacent to an activating group) is 1. The van der Waals surface area contributed by atoms with E-state index in [9.17, 15) is 0 Å². The summed E-state index contributed by atoms with van der Waals surface area (Å²) in [7, 11) is 1.93. The molecule has 3 rings (SSSR count). The van der Waals surface area contributed by atoms with Crippen LogP contribution in [0, 0.1) is 12.8 Å². The van der Waals surface area contributed by atoms with Crippen LogP contribution >= 0.6 is 24.0 Å². The van der Waals surface area contributed by atoms with E-state index in [0.29, 0.717) is 6.04 Å². The van der Waals surface area contributed by atoms with Gasteiger partial charge in [-0.1, -0.05) is 43.7 Å². The number of halogens is 1. The fourth-order valence-electron chi connectivity index (χ4n) is 4.84. The van der Waals surface area contributed by atoms with Gasteiger partial charge in [-0.25, -0.2) is 0 Å². The summed E-state index contributed by atoms with van der Waals surface area (Å²) in [5.74, 6) is 1.85. The quantitative estimate of drug-likeness (QED) is 0.332. The van der Waals surface area contributed by atoms with Crippen LogP contribution in [0.5, 0.6) is 0 Å². The van der Waals surface area contributed by atoms with Gasteiger partial charge in [-0.3, -0.25) is 14.8 Å². The number of guanidine groups is 1. The number of hydrogen-bond donors (Lipinski definition) is 1. The molecule has 2 saturated heterocycles. The van der Waals surface area contributed by atoms with Crippen LogP contribution in [0.2, 0.25) is 0 Å². The summed E-state index contributed by atoms with van der Waals surface area (Å²) < 4.78 is 0. The molecule has 0 bridgehead atoms. The highest BCUT2D eigenvalue weighted by Crippen LogP contribution is 2.20. The molecule has 1 unspecified atom stereocenters. The Morgan fingerprint density at radius 3 is 2.33 bits per heavy atom. The van der Waals surface area contributed by atoms with Gasteiger partial charge in [-0.2, -0.15) is 0 Å². The Hall–Kier alpha value is -0.860. The number of likely N-dealkylation sites (tertiary alicyclic amines) is 2. The lowest BCUT2D eigenvalue weighted by atomic mass is 9.96. The molecule has 0 radical (unpaired) electrons. The zero-order chi connectivity index (χ0) is 20.6. The van der Waals surface area contributed by atoms with Crippen LogP contribution < -0.4 is 5.32 Å². The Labute approximate surface area is 201 Å². The third-order valence-electron chi connectivity index (χ3n) is 6.79. The average molecular weight is 528 g/mol. The van der Waals surface area contributed by atoms with Crippen LogP contribution in [0.15, 0.2) is 29.3 Å². The van der Waals surface area contributed by atoms with Gasteiger partial charge in [-0.15, -0.1) is 24.0 Å². The molecule has 2 aliphatic rings. The second-order valence-electron chi connectivity index (χ2n) is 8.74. The molecule has 0 aromatic heterocycles. The Morgan fingerprint density at radius 2 is 1.73 bits per heavy atom. The molecule has 0 amide bonds. The first-order chi connectivity index (χ1) is 14.1. The minimum Gasteiger partial charge on any atom is -0.356 e. The van der Waals surface area contributed by atoms with E-state index < -0.39 is 0 Å². The predicted molar refractivity (Wildman–Crippen MR) is 139 cm³/mol. The van der Waals surface area contributed by atoms with Crippen molar-refractivity contribution in [2.75, 3.05) is 52.9 Å². The molecule has 0 spiro atoms. The van der Waals surface area contributed by atoms with E-state index in [2.05, 4.69) is 70.0 Å². The highest BCUT2D eigenvalue weighted by atomic mass is 127. The number of nitrogens with one attached hydrogen (secondary N) is 1. The second kappa shape index (κ2) is 12.9. The van der Waals surface area contributed by atoms with Crippen molar-refractivity contribution in [3.8, 4) is 0 Å². The van der Waals surface area contributed by atoms with Gasteiger partial charge in [0.25, 0.3) is 0 Å². The molecule has 2 aliphatic heterocycles. The molecule has 0 aliphatic carbocycles. The highest BCUT2D eigenvalue weighted by Gasteiger charge is 2.28. The normalized spacial score (nSPS) is 21.2. The second-order valence-corrected chi connectivity index (χ2v) is 8.74. The maximum Gasteiger partial charge on any atom is 0.193 e. The van der Waals surface area contributed by atoms with E-state index in [1.165, 1.54) is 43.5 Å². The van der Waals surface area contributed by atoms with Crippen molar-refractivity contribution in [1.82, 2.24) is 20.0 Å². The Morgan fingerprint density at radius 1 is 1.07 bits per heavy atom. The molecule has 1 N–H and O–H groups in total. The maximum absolute atomic E-state index is 4.58. The number of piperidine rings is 1. The maximum atomic E-state index is 4.58. The number of aryl methyl sites for hydroxylation is 1. The minimum absolute atomic E-state index is 0. The Bertz CT molecular complexity index is 636. The van der Waals surface area contributed by atoms with Crippen molar-refractivity contribution >= 4 is 29.9 Å². The molecule has 0 saturated carbocycles. The topological polar surface area (TPSA) is 34.1 Å². The summed E-state index contributed by atoms with van der Waals surface area (Å²) in [4.78, 5) is 12.2. The number of hydrogen-bond acceptors (Lipinski definition) is 3. The fraction of sp³-hybridized carbons (Fsp3) is 0.708. The summed E-state index contributed by atoms with van der Waals surface area (Å²) in [6.07, 6.45) is 3.80. The van der Waals surface area contributed by atoms with E-state index in [4.69, 9.17) is 0 Å². The van der Waals surface area contributed by atoms with Gasteiger partial charge in [0.1, 0.15) is 0 Å². The van der Waals surface area contributed by atoms with Gasteiger partial charge in [0, 0.05) is 39.3 Å². The number of rotatable bonds is 7. The highest BCUT2D eigenvalue weighted by molar-refractivity contribution is 14.0. The standard InChI is InChI=1S/C24H41N5.HI/c1-5-28(6-2)23-13-16-29(19-23)24(25-4)26-17-21-11-14-27(15-12-21)18-22-9-7-20(3)8-10-22;/h7-10,21,23H,5-6,11-19H2,1-4H3,(H,25,26);1H. The molecule has 6 heteroatoms. The van der Waals surface area contributed by atoms with Gasteiger partial charge in [0.2, 0.25) is 0 Å². The van der Waals surface area contributed by atoms with Crippen LogP contribution in [0.1, 0.15) is 44.2 Å². The van der Waals surface area contributed by atoms with Crippen molar-refractivity contribution in [1.29, 1.82) is 0 Å². The Balaban J connectivity index is 0.00000320. The van der Waals surface area contributed by atoms with E-state index in [-0.39, 0.29) is 24.0 Å². The summed E-state index contributed by atoms with van der Waals surface area (Å²) in [5.41, 5.74) is 2.78. The van der Waals surface area contributed by atoms with Crippen LogP contribution in [-0.4, -0.2) is 79.6 Å². The molecule has 1 atom stereocenters. The summed E-state index contributed by atoms with van der Waals surface area (Å²) in [5, 5.41) is 3.69. The van der Waals surface area contributed by atoms with Crippen LogP contribution in [0.4, 0.5) is 0 Å². The van der Waals surface area contributed by atoms with Gasteiger partial charge < -0.3 is 10.2 Å². The lowest BCUT2D eigenvalue weighted by Crippen LogP contribution is -2.45. The first-order valence-corrected chi connectivity index (χ1v) is 11.6. The largest absolute Gasteiger partial charge is 0.356 e. The van der Waals surface area contributed by atoms with E-state index >= 15 is 0 Å². The van der Waals surface area contributed by atoms with E-state index in [0.717, 1.165) is 51.1 Å². The fourth-order valence-corrected chi connectivity index (χ4v) is 4.84. The number of benzene rings is 1. The number of aliphatic imine (C=N–C) groups is 1. The summed E-state index contributed by atoms with van der Waals surface area (Å²) >= 11 is 0. The molecule has 170 valence electrons. The van der Waals surface area contributed by atoms with Crippen LogP contribution in [0.25, 0.3) is 0 Å². The molecule has 2 fully saturated rings. The zero-order valence-electron chi connectivity index (χ0n) is 19.4. The SMILES string of the molecule is CCN(CC)C1CCN(C(=NC)NCC2CCN(Cc3ccc(C)cc3)CC2)C1.I. The van der Waals surface area contributed by atoms with Gasteiger partial charge in [-0.05, 0) is 63.8 Å². The van der Waals surface area contributed by atoms with Crippen LogP contribution in [-0.2, 0) is 6.54 Å². The first kappa shape index (κ1) is 25.4. The molecular formula is C24H42IN5. The average Bonchev–Trinajstić information content (AvgIpc) is 3.22. The van der Waals surface area contributed by atoms with Gasteiger partial charge >= 0.3 is 0 Å². The van der Waals surface area contributed by atoms with Crippen molar-refractivity contribution in [2.45, 2.75) is 52.6 Å². The molecule has 30 heavy (non-hydrogen) atoms. The van der Waals surface area contributed by atoms with Crippen molar-refractivity contribution in [3.63, 3.8) is 0 Å². The third-order valence-corrected chi connectivity index (χ3v) is 6.79. The first-order valence-electron chi connectivity index (χ1n) is 11.6. The van der Waals surface area contributed by atoms with Crippen LogP contribution in [0.3, 0.4) is 0 Å². The monoisotopic (exact) mass is 527 g/mol. The lowest BCUT2D eigenvalue weighted by Gasteiger charge is -2.33. The predicted octanol–water partition coefficient (Wildman–Crippen LogP) is 3.82. The Kier molecular flexibility index (Phi) is 10.9. The molecule has 2 heterocycles. The molecule has 1 aromatic carbocycles. The van der Waals surface area contributed by atoms with Crippen molar-refractivity contribution < 1.29 is 0 Å². The van der Waals surface area contributed by atoms with Gasteiger partial charge in [0.15, 0.2) is 5.96 Å². The van der Waals surface area contributed by atoms with Gasteiger partial charge in [0.05, 0.1) is 0 Å². The number of nitrogens with zero attached hydrogens (tertiary/aromatic N) is 4. The molecule has 1 aromatic rings. The zero-order valence-corrected chi connectivity index (χ0v) is 21.8. The minimum atomic E-state index is 0. The van der Waals surface area contributed by atoms with E-state index in [1.807, 2.05) is 7.05 Å². The molecular weight excluding hydrogens is 485 g/mol. The van der Waals surface area contributed by atoms with E-state index in [1.54, 1.807) is 0 Å². The smallest absolute Gasteiger partial charge is 0.193 e. The summed E-state index contributed by atoms with van der Waals surface area (Å²) in [6, 6.07) is 9.67. The van der Waals surface area contributed by atoms with Crippen molar-refractivity contribution in [3.05, 3.63) is 35.4 Å². The lowest BCUT2D eigenvalue weighted by molar-refractivity contribution is 0.177. The third kappa shape index (κ3) is 7.09. The van der Waals surface area contributed by atoms with Crippen molar-refractivity contribution in [2.24, 2.45) is 10.9 Å². The molecule has 5 nitrogen and oxygen atoms in total.